The van der Waals surface area contributed by atoms with Crippen LogP contribution in [0.4, 0.5) is 10.9 Å². The van der Waals surface area contributed by atoms with E-state index in [1.54, 1.807) is 11.3 Å². The number of guanidine groups is 1. The van der Waals surface area contributed by atoms with Gasteiger partial charge in [0, 0.05) is 42.7 Å². The molecule has 8 heteroatoms. The molecule has 2 N–H and O–H groups in total. The SMILES string of the molecule is c1ccc2nc(N3CCSC(c4csc(NC5=NCCCN5)n4)C3)ccc2c1. The minimum absolute atomic E-state index is 0.357. The zero-order valence-electron chi connectivity index (χ0n) is 15.5. The van der Waals surface area contributed by atoms with Gasteiger partial charge in [-0.2, -0.15) is 0 Å². The topological polar surface area (TPSA) is 65.4 Å². The van der Waals surface area contributed by atoms with E-state index in [1.165, 1.54) is 5.39 Å². The van der Waals surface area contributed by atoms with Gasteiger partial charge in [-0.05, 0) is 24.6 Å². The molecule has 1 fully saturated rings. The summed E-state index contributed by atoms with van der Waals surface area (Å²) in [6.07, 6.45) is 1.09. The van der Waals surface area contributed by atoms with Crippen molar-refractivity contribution in [2.45, 2.75) is 11.7 Å². The molecule has 28 heavy (non-hydrogen) atoms. The first-order valence-electron chi connectivity index (χ1n) is 9.58. The van der Waals surface area contributed by atoms with Crippen LogP contribution in [-0.2, 0) is 0 Å². The molecular weight excluding hydrogens is 388 g/mol. The van der Waals surface area contributed by atoms with Crippen molar-refractivity contribution in [2.75, 3.05) is 42.1 Å². The van der Waals surface area contributed by atoms with E-state index in [1.807, 2.05) is 17.8 Å². The summed E-state index contributed by atoms with van der Waals surface area (Å²) >= 11 is 3.62. The van der Waals surface area contributed by atoms with Crippen molar-refractivity contribution in [1.29, 1.82) is 0 Å². The highest BCUT2D eigenvalue weighted by Crippen LogP contribution is 2.36. The van der Waals surface area contributed by atoms with Crippen molar-refractivity contribution in [3.63, 3.8) is 0 Å². The Balaban J connectivity index is 1.30. The van der Waals surface area contributed by atoms with Crippen molar-refractivity contribution in [3.05, 3.63) is 47.5 Å². The standard InChI is InChI=1S/C20H22N6S2/c1-2-5-15-14(4-1)6-7-18(23-15)26-10-11-27-17(12-26)16-13-28-20(24-16)25-19-21-8-3-9-22-19/h1-2,4-7,13,17H,3,8-12H2,(H2,21,22,24,25). The van der Waals surface area contributed by atoms with Crippen LogP contribution in [0.5, 0.6) is 0 Å². The molecule has 0 saturated carbocycles. The van der Waals surface area contributed by atoms with Crippen LogP contribution < -0.4 is 15.5 Å². The first kappa shape index (κ1) is 17.8. The quantitative estimate of drug-likeness (QED) is 0.686. The lowest BCUT2D eigenvalue weighted by Gasteiger charge is -2.32. The monoisotopic (exact) mass is 410 g/mol. The van der Waals surface area contributed by atoms with Gasteiger partial charge in [0.15, 0.2) is 11.1 Å². The number of nitrogens with one attached hydrogen (secondary N) is 2. The summed E-state index contributed by atoms with van der Waals surface area (Å²) < 4.78 is 0. The molecule has 0 bridgehead atoms. The zero-order valence-corrected chi connectivity index (χ0v) is 17.1. The number of hydrogen-bond acceptors (Lipinski definition) is 8. The maximum atomic E-state index is 4.87. The Morgan fingerprint density at radius 1 is 1.14 bits per heavy atom. The predicted octanol–water partition coefficient (Wildman–Crippen LogP) is 3.75. The molecule has 1 unspecified atom stereocenters. The molecule has 6 nitrogen and oxygen atoms in total. The van der Waals surface area contributed by atoms with Gasteiger partial charge in [-0.1, -0.05) is 18.2 Å². The maximum Gasteiger partial charge on any atom is 0.197 e. The second-order valence-electron chi connectivity index (χ2n) is 6.88. The smallest absolute Gasteiger partial charge is 0.197 e. The van der Waals surface area contributed by atoms with Gasteiger partial charge in [0.25, 0.3) is 0 Å². The summed E-state index contributed by atoms with van der Waals surface area (Å²) in [5, 5.41) is 11.2. The third-order valence-electron chi connectivity index (χ3n) is 4.95. The Hall–Kier alpha value is -2.32. The van der Waals surface area contributed by atoms with Crippen LogP contribution in [0, 0.1) is 0 Å². The molecule has 2 aliphatic rings. The lowest BCUT2D eigenvalue weighted by molar-refractivity contribution is 0.739. The number of nitrogens with zero attached hydrogens (tertiary/aromatic N) is 4. The molecule has 0 spiro atoms. The third-order valence-corrected chi connectivity index (χ3v) is 6.94. The normalized spacial score (nSPS) is 19.9. The van der Waals surface area contributed by atoms with E-state index in [2.05, 4.69) is 56.2 Å². The summed E-state index contributed by atoms with van der Waals surface area (Å²) in [5.41, 5.74) is 2.19. The van der Waals surface area contributed by atoms with Gasteiger partial charge in [0.2, 0.25) is 0 Å². The fourth-order valence-corrected chi connectivity index (χ4v) is 5.51. The minimum Gasteiger partial charge on any atom is -0.356 e. The number of anilines is 2. The Bertz CT molecular complexity index is 1000. The predicted molar refractivity (Wildman–Crippen MR) is 120 cm³/mol. The number of fused-ring (bicyclic) bond motifs is 1. The second kappa shape index (κ2) is 7.97. The number of rotatable bonds is 3. The lowest BCUT2D eigenvalue weighted by atomic mass is 10.2. The van der Waals surface area contributed by atoms with Crippen LogP contribution in [0.1, 0.15) is 17.4 Å². The molecule has 0 amide bonds. The Labute approximate surface area is 172 Å². The van der Waals surface area contributed by atoms with E-state index < -0.39 is 0 Å². The summed E-state index contributed by atoms with van der Waals surface area (Å²) in [5.74, 6) is 2.97. The number of hydrogen-bond donors (Lipinski definition) is 2. The first-order valence-corrected chi connectivity index (χ1v) is 11.5. The van der Waals surface area contributed by atoms with E-state index in [0.29, 0.717) is 5.25 Å². The average molecular weight is 411 g/mol. The highest BCUT2D eigenvalue weighted by atomic mass is 32.2. The van der Waals surface area contributed by atoms with Gasteiger partial charge in [0.1, 0.15) is 5.82 Å². The molecule has 0 radical (unpaired) electrons. The van der Waals surface area contributed by atoms with Crippen LogP contribution in [0.15, 0.2) is 46.8 Å². The maximum absolute atomic E-state index is 4.87. The minimum atomic E-state index is 0.357. The summed E-state index contributed by atoms with van der Waals surface area (Å²) in [6.45, 7) is 3.79. The van der Waals surface area contributed by atoms with E-state index in [-0.39, 0.29) is 0 Å². The van der Waals surface area contributed by atoms with Gasteiger partial charge >= 0.3 is 0 Å². The van der Waals surface area contributed by atoms with Crippen LogP contribution in [-0.4, -0.2) is 47.9 Å². The Morgan fingerprint density at radius 3 is 3.04 bits per heavy atom. The number of thiazole rings is 1. The number of aromatic nitrogens is 2. The Morgan fingerprint density at radius 2 is 2.11 bits per heavy atom. The highest BCUT2D eigenvalue weighted by Gasteiger charge is 2.25. The molecule has 2 aliphatic heterocycles. The fourth-order valence-electron chi connectivity index (χ4n) is 3.48. The zero-order chi connectivity index (χ0) is 18.8. The fraction of sp³-hybridized carbons (Fsp3) is 0.350. The van der Waals surface area contributed by atoms with Crippen LogP contribution >= 0.6 is 23.1 Å². The van der Waals surface area contributed by atoms with Crippen molar-refractivity contribution in [1.82, 2.24) is 15.3 Å². The van der Waals surface area contributed by atoms with Crippen molar-refractivity contribution in [2.24, 2.45) is 4.99 Å². The molecule has 4 heterocycles. The highest BCUT2D eigenvalue weighted by molar-refractivity contribution is 7.99. The van der Waals surface area contributed by atoms with Gasteiger partial charge in [-0.25, -0.2) is 9.97 Å². The van der Waals surface area contributed by atoms with E-state index in [0.717, 1.165) is 66.5 Å². The summed E-state index contributed by atoms with van der Waals surface area (Å²) in [6, 6.07) is 12.6. The largest absolute Gasteiger partial charge is 0.356 e. The molecule has 5 rings (SSSR count). The molecule has 1 atom stereocenters. The number of para-hydroxylation sites is 1. The van der Waals surface area contributed by atoms with Gasteiger partial charge < -0.3 is 15.5 Å². The second-order valence-corrected chi connectivity index (χ2v) is 9.05. The molecule has 144 valence electrons. The van der Waals surface area contributed by atoms with E-state index in [4.69, 9.17) is 9.97 Å². The van der Waals surface area contributed by atoms with Crippen molar-refractivity contribution in [3.8, 4) is 0 Å². The lowest BCUT2D eigenvalue weighted by Crippen LogP contribution is -2.35. The van der Waals surface area contributed by atoms with E-state index in [9.17, 15) is 0 Å². The molecule has 1 saturated heterocycles. The number of aliphatic imine (C=N–C) groups is 1. The van der Waals surface area contributed by atoms with Crippen LogP contribution in [0.2, 0.25) is 0 Å². The number of benzene rings is 1. The molecule has 0 aliphatic carbocycles. The van der Waals surface area contributed by atoms with Crippen LogP contribution in [0.3, 0.4) is 0 Å². The molecule has 1 aromatic carbocycles. The van der Waals surface area contributed by atoms with Crippen LogP contribution in [0.25, 0.3) is 10.9 Å². The Kier molecular flexibility index (Phi) is 5.05. The third kappa shape index (κ3) is 3.79. The first-order chi connectivity index (χ1) is 13.8. The van der Waals surface area contributed by atoms with Gasteiger partial charge in [-0.15, -0.1) is 23.1 Å². The van der Waals surface area contributed by atoms with E-state index >= 15 is 0 Å². The molecule has 3 aromatic rings. The van der Waals surface area contributed by atoms with Crippen molar-refractivity contribution < 1.29 is 0 Å². The van der Waals surface area contributed by atoms with Gasteiger partial charge in [0.05, 0.1) is 16.5 Å². The van der Waals surface area contributed by atoms with Gasteiger partial charge in [-0.3, -0.25) is 4.99 Å². The molecule has 2 aromatic heterocycles. The number of pyridine rings is 1. The summed E-state index contributed by atoms with van der Waals surface area (Å²) in [4.78, 5) is 16.5. The average Bonchev–Trinajstić information content (AvgIpc) is 3.23. The van der Waals surface area contributed by atoms with Crippen molar-refractivity contribution >= 4 is 50.9 Å². The molecular formula is C20H22N6S2. The number of thioether (sulfide) groups is 1. The summed E-state index contributed by atoms with van der Waals surface area (Å²) in [7, 11) is 0.